The van der Waals surface area contributed by atoms with Crippen molar-refractivity contribution in [1.82, 2.24) is 0 Å². The first-order valence-electron chi connectivity index (χ1n) is 4.87. The Balaban J connectivity index is 1.96. The van der Waals surface area contributed by atoms with Crippen LogP contribution in [0, 0.1) is 0 Å². The lowest BCUT2D eigenvalue weighted by atomic mass is 10.2. The molecule has 0 aromatic heterocycles. The lowest BCUT2D eigenvalue weighted by Gasteiger charge is -1.95. The Kier molecular flexibility index (Phi) is 3.32. The fraction of sp³-hybridized carbons (Fsp3) is 0.0769. The maximum Gasteiger partial charge on any atom is 0.0893 e. The van der Waals surface area contributed by atoms with Crippen molar-refractivity contribution in [2.75, 3.05) is 0 Å². The van der Waals surface area contributed by atoms with E-state index in [9.17, 15) is 0 Å². The molecule has 0 nitrogen and oxygen atoms in total. The molecule has 0 radical (unpaired) electrons. The SMILES string of the molecule is c1ccc(C[PH2+]c2ccccc2)cc1. The summed E-state index contributed by atoms with van der Waals surface area (Å²) in [5, 5.41) is 1.50. The maximum absolute atomic E-state index is 2.22. The van der Waals surface area contributed by atoms with Gasteiger partial charge in [0.2, 0.25) is 0 Å². The predicted octanol–water partition coefficient (Wildman–Crippen LogP) is 2.92. The van der Waals surface area contributed by atoms with Gasteiger partial charge < -0.3 is 0 Å². The first kappa shape index (κ1) is 9.43. The van der Waals surface area contributed by atoms with Gasteiger partial charge in [-0.05, 0) is 17.7 Å². The number of benzene rings is 2. The highest BCUT2D eigenvalue weighted by molar-refractivity contribution is 7.46. The van der Waals surface area contributed by atoms with Crippen LogP contribution in [0.25, 0.3) is 0 Å². The maximum atomic E-state index is 2.22. The molecule has 0 N–H and O–H groups in total. The van der Waals surface area contributed by atoms with Crippen molar-refractivity contribution in [3.8, 4) is 0 Å². The third-order valence-corrected chi connectivity index (χ3v) is 3.75. The zero-order chi connectivity index (χ0) is 9.64. The molecular formula is C13H14P+. The van der Waals surface area contributed by atoms with E-state index in [4.69, 9.17) is 0 Å². The van der Waals surface area contributed by atoms with Crippen LogP contribution in [-0.4, -0.2) is 0 Å². The van der Waals surface area contributed by atoms with E-state index in [2.05, 4.69) is 60.7 Å². The topological polar surface area (TPSA) is 0 Å². The smallest absolute Gasteiger partial charge is 0.0622 e. The average molecular weight is 201 g/mol. The van der Waals surface area contributed by atoms with Crippen molar-refractivity contribution in [3.05, 3.63) is 66.2 Å². The van der Waals surface area contributed by atoms with Crippen molar-refractivity contribution < 1.29 is 0 Å². The first-order chi connectivity index (χ1) is 6.95. The summed E-state index contributed by atoms with van der Waals surface area (Å²) in [5.74, 6) is 0. The van der Waals surface area contributed by atoms with Crippen LogP contribution >= 0.6 is 8.58 Å². The predicted molar refractivity (Wildman–Crippen MR) is 65.9 cm³/mol. The van der Waals surface area contributed by atoms with Crippen LogP contribution in [0.3, 0.4) is 0 Å². The molecular weight excluding hydrogens is 187 g/mol. The molecule has 0 saturated carbocycles. The van der Waals surface area contributed by atoms with Crippen molar-refractivity contribution in [1.29, 1.82) is 0 Å². The summed E-state index contributed by atoms with van der Waals surface area (Å²) in [6.07, 6.45) is 1.21. The van der Waals surface area contributed by atoms with E-state index in [0.29, 0.717) is 8.58 Å². The fourth-order valence-corrected chi connectivity index (χ4v) is 2.68. The molecule has 0 aliphatic rings. The summed E-state index contributed by atoms with van der Waals surface area (Å²) < 4.78 is 0. The van der Waals surface area contributed by atoms with Gasteiger partial charge in [0.15, 0.2) is 0 Å². The molecule has 0 fully saturated rings. The van der Waals surface area contributed by atoms with Gasteiger partial charge in [-0.1, -0.05) is 48.5 Å². The van der Waals surface area contributed by atoms with Crippen LogP contribution in [-0.2, 0) is 6.16 Å². The molecule has 14 heavy (non-hydrogen) atoms. The second-order valence-corrected chi connectivity index (χ2v) is 4.79. The molecule has 0 aliphatic heterocycles. The monoisotopic (exact) mass is 201 g/mol. The van der Waals surface area contributed by atoms with Gasteiger partial charge in [-0.2, -0.15) is 0 Å². The van der Waals surface area contributed by atoms with Gasteiger partial charge in [0, 0.05) is 8.58 Å². The third-order valence-electron chi connectivity index (χ3n) is 2.22. The molecule has 1 heteroatoms. The normalized spacial score (nSPS) is 10.9. The van der Waals surface area contributed by atoms with Crippen molar-refractivity contribution in [2.24, 2.45) is 0 Å². The Labute approximate surface area is 86.8 Å². The fourth-order valence-electron chi connectivity index (χ4n) is 1.44. The molecule has 0 saturated heterocycles. The quantitative estimate of drug-likeness (QED) is 0.670. The average Bonchev–Trinajstić information content (AvgIpc) is 2.29. The Morgan fingerprint density at radius 1 is 0.714 bits per heavy atom. The van der Waals surface area contributed by atoms with Crippen molar-refractivity contribution in [3.63, 3.8) is 0 Å². The highest BCUT2D eigenvalue weighted by Crippen LogP contribution is 2.17. The lowest BCUT2D eigenvalue weighted by Crippen LogP contribution is -1.92. The second kappa shape index (κ2) is 4.93. The number of hydrogen-bond acceptors (Lipinski definition) is 0. The van der Waals surface area contributed by atoms with Crippen LogP contribution in [0.5, 0.6) is 0 Å². The molecule has 2 rings (SSSR count). The summed E-state index contributed by atoms with van der Waals surface area (Å²) in [5.41, 5.74) is 1.45. The Morgan fingerprint density at radius 2 is 1.29 bits per heavy atom. The Morgan fingerprint density at radius 3 is 1.93 bits per heavy atom. The minimum Gasteiger partial charge on any atom is -0.0622 e. The van der Waals surface area contributed by atoms with Gasteiger partial charge in [0.1, 0.15) is 0 Å². The summed E-state index contributed by atoms with van der Waals surface area (Å²) in [6, 6.07) is 21.5. The van der Waals surface area contributed by atoms with Gasteiger partial charge in [-0.25, -0.2) is 0 Å². The van der Waals surface area contributed by atoms with Gasteiger partial charge in [-0.15, -0.1) is 0 Å². The van der Waals surface area contributed by atoms with Gasteiger partial charge >= 0.3 is 0 Å². The van der Waals surface area contributed by atoms with Crippen LogP contribution in [0.4, 0.5) is 0 Å². The van der Waals surface area contributed by atoms with E-state index in [0.717, 1.165) is 0 Å². The number of rotatable bonds is 3. The van der Waals surface area contributed by atoms with Crippen LogP contribution in [0.2, 0.25) is 0 Å². The minimum absolute atomic E-state index is 0.386. The Hall–Kier alpha value is -1.13. The first-order valence-corrected chi connectivity index (χ1v) is 6.27. The zero-order valence-electron chi connectivity index (χ0n) is 8.06. The van der Waals surface area contributed by atoms with E-state index in [-0.39, 0.29) is 0 Å². The molecule has 1 atom stereocenters. The molecule has 1 unspecified atom stereocenters. The molecule has 70 valence electrons. The minimum atomic E-state index is 0.386. The van der Waals surface area contributed by atoms with E-state index in [1.54, 1.807) is 0 Å². The van der Waals surface area contributed by atoms with E-state index < -0.39 is 0 Å². The van der Waals surface area contributed by atoms with E-state index >= 15 is 0 Å². The van der Waals surface area contributed by atoms with E-state index in [1.165, 1.54) is 17.0 Å². The third kappa shape index (κ3) is 2.68. The van der Waals surface area contributed by atoms with Gasteiger partial charge in [0.25, 0.3) is 0 Å². The highest BCUT2D eigenvalue weighted by Gasteiger charge is 1.99. The second-order valence-electron chi connectivity index (χ2n) is 3.30. The van der Waals surface area contributed by atoms with Crippen molar-refractivity contribution >= 4 is 13.9 Å². The summed E-state index contributed by atoms with van der Waals surface area (Å²) >= 11 is 0. The molecule has 0 amide bonds. The molecule has 2 aromatic carbocycles. The summed E-state index contributed by atoms with van der Waals surface area (Å²) in [4.78, 5) is 0. The largest absolute Gasteiger partial charge is 0.0893 e. The van der Waals surface area contributed by atoms with E-state index in [1.807, 2.05) is 0 Å². The molecule has 0 spiro atoms. The zero-order valence-corrected chi connectivity index (χ0v) is 9.21. The van der Waals surface area contributed by atoms with Crippen LogP contribution in [0.15, 0.2) is 60.7 Å². The molecule has 0 heterocycles. The van der Waals surface area contributed by atoms with Gasteiger partial charge in [-0.3, -0.25) is 0 Å². The van der Waals surface area contributed by atoms with Crippen molar-refractivity contribution in [2.45, 2.75) is 6.16 Å². The lowest BCUT2D eigenvalue weighted by molar-refractivity contribution is 1.41. The summed E-state index contributed by atoms with van der Waals surface area (Å²) in [6.45, 7) is 0. The Bertz CT molecular complexity index is 327. The molecule has 2 aromatic rings. The van der Waals surface area contributed by atoms with Gasteiger partial charge in [0.05, 0.1) is 11.5 Å². The van der Waals surface area contributed by atoms with Crippen LogP contribution in [0.1, 0.15) is 5.56 Å². The highest BCUT2D eigenvalue weighted by atomic mass is 31.1. The summed E-state index contributed by atoms with van der Waals surface area (Å²) in [7, 11) is 0.386. The molecule has 0 aliphatic carbocycles. The molecule has 0 bridgehead atoms. The number of hydrogen-bond donors (Lipinski definition) is 0. The van der Waals surface area contributed by atoms with Crippen LogP contribution < -0.4 is 5.30 Å². The standard InChI is InChI=1S/C13H13P/c1-3-7-12(8-4-1)11-14-13-9-5-2-6-10-13/h1-10,14H,11H2/p+1.